The Balaban J connectivity index is 1.59. The van der Waals surface area contributed by atoms with Gasteiger partial charge < -0.3 is 0 Å². The summed E-state index contributed by atoms with van der Waals surface area (Å²) in [5.41, 5.74) is 1.40. The zero-order valence-electron chi connectivity index (χ0n) is 14.7. The van der Waals surface area contributed by atoms with Gasteiger partial charge in [0.2, 0.25) is 0 Å². The van der Waals surface area contributed by atoms with E-state index in [1.807, 2.05) is 30.3 Å². The molecule has 0 atom stereocenters. The number of fused-ring (bicyclic) bond motifs is 1. The molecule has 0 aliphatic carbocycles. The molecule has 9 nitrogen and oxygen atoms in total. The number of carbonyl (C=O) groups is 1. The molecule has 1 aliphatic heterocycles. The summed E-state index contributed by atoms with van der Waals surface area (Å²) in [7, 11) is 0. The van der Waals surface area contributed by atoms with Gasteiger partial charge in [-0.1, -0.05) is 30.3 Å². The van der Waals surface area contributed by atoms with E-state index in [1.54, 1.807) is 0 Å². The maximum Gasteiger partial charge on any atom is 0.270 e. The summed E-state index contributed by atoms with van der Waals surface area (Å²) >= 11 is 0. The van der Waals surface area contributed by atoms with E-state index >= 15 is 0 Å². The Morgan fingerprint density at radius 3 is 2.71 bits per heavy atom. The molecular formula is C19H15N5O4. The lowest BCUT2D eigenvalue weighted by atomic mass is 10.1. The van der Waals surface area contributed by atoms with Crippen molar-refractivity contribution in [3.8, 4) is 0 Å². The van der Waals surface area contributed by atoms with Gasteiger partial charge in [-0.05, 0) is 11.6 Å². The van der Waals surface area contributed by atoms with Crippen LogP contribution in [0.2, 0.25) is 0 Å². The van der Waals surface area contributed by atoms with E-state index in [0.29, 0.717) is 18.5 Å². The van der Waals surface area contributed by atoms with Crippen LogP contribution in [-0.4, -0.2) is 37.6 Å². The third-order valence-electron chi connectivity index (χ3n) is 4.52. The minimum atomic E-state index is -0.578. The fourth-order valence-electron chi connectivity index (χ4n) is 3.07. The van der Waals surface area contributed by atoms with E-state index in [4.69, 9.17) is 0 Å². The van der Waals surface area contributed by atoms with E-state index < -0.39 is 10.5 Å². The molecule has 2 aromatic carbocycles. The second kappa shape index (κ2) is 7.03. The van der Waals surface area contributed by atoms with E-state index in [2.05, 4.69) is 10.1 Å². The first-order valence-electron chi connectivity index (χ1n) is 8.60. The van der Waals surface area contributed by atoms with Crippen molar-refractivity contribution in [2.45, 2.75) is 13.0 Å². The predicted molar refractivity (Wildman–Crippen MR) is 102 cm³/mol. The molecule has 140 valence electrons. The monoisotopic (exact) mass is 377 g/mol. The predicted octanol–water partition coefficient (Wildman–Crippen LogP) is 1.94. The highest BCUT2D eigenvalue weighted by atomic mass is 16.6. The summed E-state index contributed by atoms with van der Waals surface area (Å²) in [5, 5.41) is 16.7. The van der Waals surface area contributed by atoms with Crippen molar-refractivity contribution >= 4 is 28.2 Å². The molecule has 1 aromatic heterocycles. The highest BCUT2D eigenvalue weighted by Gasteiger charge is 2.22. The Kier molecular flexibility index (Phi) is 4.40. The van der Waals surface area contributed by atoms with Gasteiger partial charge in [-0.15, -0.1) is 0 Å². The van der Waals surface area contributed by atoms with Crippen molar-refractivity contribution in [2.24, 2.45) is 5.10 Å². The molecule has 3 aromatic rings. The summed E-state index contributed by atoms with van der Waals surface area (Å²) in [6, 6.07) is 13.4. The molecule has 0 fully saturated rings. The number of amides is 1. The van der Waals surface area contributed by atoms with Crippen LogP contribution < -0.4 is 5.56 Å². The fourth-order valence-corrected chi connectivity index (χ4v) is 3.07. The standard InChI is InChI=1S/C19H15N5O4/c25-18(23-9-8-16(21-23)13-4-2-1-3-5-13)11-22-12-20-17-7-6-14(24(27)28)10-15(17)19(22)26/h1-7,10,12H,8-9,11H2. The summed E-state index contributed by atoms with van der Waals surface area (Å²) in [5.74, 6) is -0.348. The first kappa shape index (κ1) is 17.5. The fraction of sp³-hybridized carbons (Fsp3) is 0.158. The second-order valence-corrected chi connectivity index (χ2v) is 6.32. The molecule has 0 N–H and O–H groups in total. The molecule has 28 heavy (non-hydrogen) atoms. The minimum Gasteiger partial charge on any atom is -0.289 e. The Hall–Kier alpha value is -3.88. The lowest BCUT2D eigenvalue weighted by Gasteiger charge is -2.12. The first-order chi connectivity index (χ1) is 13.5. The van der Waals surface area contributed by atoms with Crippen LogP contribution in [0.3, 0.4) is 0 Å². The Morgan fingerprint density at radius 1 is 1.18 bits per heavy atom. The van der Waals surface area contributed by atoms with Crippen LogP contribution in [0, 0.1) is 10.1 Å². The van der Waals surface area contributed by atoms with Crippen molar-refractivity contribution in [3.05, 3.63) is 80.9 Å². The first-order valence-corrected chi connectivity index (χ1v) is 8.60. The number of hydrogen-bond acceptors (Lipinski definition) is 6. The minimum absolute atomic E-state index is 0.0967. The largest absolute Gasteiger partial charge is 0.289 e. The van der Waals surface area contributed by atoms with Gasteiger partial charge in [-0.3, -0.25) is 24.3 Å². The molecule has 0 saturated heterocycles. The van der Waals surface area contributed by atoms with Crippen molar-refractivity contribution < 1.29 is 9.72 Å². The number of rotatable bonds is 4. The van der Waals surface area contributed by atoms with E-state index in [9.17, 15) is 19.7 Å². The Labute approximate surface area is 158 Å². The van der Waals surface area contributed by atoms with Crippen LogP contribution in [0.4, 0.5) is 5.69 Å². The average molecular weight is 377 g/mol. The number of nitro groups is 1. The van der Waals surface area contributed by atoms with E-state index in [0.717, 1.165) is 15.8 Å². The molecule has 4 rings (SSSR count). The number of benzene rings is 2. The molecular weight excluding hydrogens is 362 g/mol. The topological polar surface area (TPSA) is 111 Å². The zero-order chi connectivity index (χ0) is 19.7. The molecule has 1 aliphatic rings. The van der Waals surface area contributed by atoms with Crippen LogP contribution >= 0.6 is 0 Å². The smallest absolute Gasteiger partial charge is 0.270 e. The molecule has 1 amide bonds. The number of non-ortho nitro benzene ring substituents is 1. The molecule has 9 heteroatoms. The van der Waals surface area contributed by atoms with Gasteiger partial charge in [0.15, 0.2) is 0 Å². The highest BCUT2D eigenvalue weighted by molar-refractivity contribution is 6.02. The van der Waals surface area contributed by atoms with Crippen molar-refractivity contribution in [1.29, 1.82) is 0 Å². The van der Waals surface area contributed by atoms with Gasteiger partial charge in [0.1, 0.15) is 6.54 Å². The lowest BCUT2D eigenvalue weighted by Crippen LogP contribution is -2.32. The van der Waals surface area contributed by atoms with Crippen LogP contribution in [-0.2, 0) is 11.3 Å². The Morgan fingerprint density at radius 2 is 1.96 bits per heavy atom. The Bertz CT molecular complexity index is 1170. The van der Waals surface area contributed by atoms with Gasteiger partial charge >= 0.3 is 0 Å². The van der Waals surface area contributed by atoms with Gasteiger partial charge in [-0.2, -0.15) is 5.10 Å². The normalized spacial score (nSPS) is 13.6. The van der Waals surface area contributed by atoms with Gasteiger partial charge in [0.25, 0.3) is 17.2 Å². The van der Waals surface area contributed by atoms with E-state index in [1.165, 1.54) is 29.5 Å². The molecule has 0 spiro atoms. The van der Waals surface area contributed by atoms with Gasteiger partial charge in [-0.25, -0.2) is 9.99 Å². The summed E-state index contributed by atoms with van der Waals surface area (Å²) < 4.78 is 1.14. The number of hydrogen-bond donors (Lipinski definition) is 0. The number of aromatic nitrogens is 2. The maximum atomic E-state index is 12.6. The zero-order valence-corrected chi connectivity index (χ0v) is 14.7. The van der Waals surface area contributed by atoms with Crippen LogP contribution in [0.25, 0.3) is 10.9 Å². The molecule has 2 heterocycles. The van der Waals surface area contributed by atoms with E-state index in [-0.39, 0.29) is 23.5 Å². The van der Waals surface area contributed by atoms with Crippen LogP contribution in [0.1, 0.15) is 12.0 Å². The highest BCUT2D eigenvalue weighted by Crippen LogP contribution is 2.17. The SMILES string of the molecule is O=C(Cn1cnc2ccc([N+](=O)[O-])cc2c1=O)N1CCC(c2ccccc2)=N1. The molecule has 0 unspecified atom stereocenters. The van der Waals surface area contributed by atoms with Crippen molar-refractivity contribution in [1.82, 2.24) is 14.6 Å². The average Bonchev–Trinajstić information content (AvgIpc) is 3.21. The molecule has 0 bridgehead atoms. The molecule has 0 radical (unpaired) electrons. The summed E-state index contributed by atoms with van der Waals surface area (Å²) in [4.78, 5) is 39.7. The van der Waals surface area contributed by atoms with Gasteiger partial charge in [0.05, 0.1) is 34.4 Å². The third kappa shape index (κ3) is 3.25. The number of hydrazone groups is 1. The number of nitrogens with zero attached hydrogens (tertiary/aromatic N) is 5. The van der Waals surface area contributed by atoms with Crippen LogP contribution in [0.15, 0.2) is 64.8 Å². The summed E-state index contributed by atoms with van der Waals surface area (Å²) in [6.07, 6.45) is 1.90. The third-order valence-corrected chi connectivity index (χ3v) is 4.52. The quantitative estimate of drug-likeness (QED) is 0.510. The molecule has 0 saturated carbocycles. The van der Waals surface area contributed by atoms with Crippen LogP contribution in [0.5, 0.6) is 0 Å². The maximum absolute atomic E-state index is 12.6. The lowest BCUT2D eigenvalue weighted by molar-refractivity contribution is -0.384. The van der Waals surface area contributed by atoms with Crippen molar-refractivity contribution in [3.63, 3.8) is 0 Å². The number of carbonyl (C=O) groups excluding carboxylic acids is 1. The number of nitro benzene ring substituents is 1. The van der Waals surface area contributed by atoms with Crippen molar-refractivity contribution in [2.75, 3.05) is 6.54 Å². The second-order valence-electron chi connectivity index (χ2n) is 6.32. The van der Waals surface area contributed by atoms with Gasteiger partial charge in [0, 0.05) is 18.6 Å². The summed E-state index contributed by atoms with van der Waals surface area (Å²) in [6.45, 7) is 0.195.